The predicted octanol–water partition coefficient (Wildman–Crippen LogP) is 9.55. The summed E-state index contributed by atoms with van der Waals surface area (Å²) in [6.45, 7) is 4.17. The zero-order valence-corrected chi connectivity index (χ0v) is 30.4. The van der Waals surface area contributed by atoms with Gasteiger partial charge in [0.2, 0.25) is 0 Å². The van der Waals surface area contributed by atoms with E-state index in [9.17, 15) is 19.8 Å². The summed E-state index contributed by atoms with van der Waals surface area (Å²) in [5.41, 5.74) is 0. The van der Waals surface area contributed by atoms with Crippen LogP contribution in [0.2, 0.25) is 0 Å². The fourth-order valence-electron chi connectivity index (χ4n) is 4.93. The van der Waals surface area contributed by atoms with E-state index in [1.54, 1.807) is 0 Å². The van der Waals surface area contributed by atoms with E-state index in [0.717, 1.165) is 25.7 Å². The van der Waals surface area contributed by atoms with Crippen molar-refractivity contribution >= 4 is 11.9 Å². The van der Waals surface area contributed by atoms with Gasteiger partial charge in [0, 0.05) is 11.9 Å². The van der Waals surface area contributed by atoms with Gasteiger partial charge in [-0.2, -0.15) is 0 Å². The third kappa shape index (κ3) is 49.1. The average Bonchev–Trinajstić information content (AvgIpc) is 2.93. The molecule has 0 spiro atoms. The van der Waals surface area contributed by atoms with E-state index < -0.39 is 11.9 Å². The molecule has 0 radical (unpaired) electrons. The minimum atomic E-state index is -0.907. The topological polar surface area (TPSA) is 80.3 Å². The number of unbranched alkanes of at least 4 members (excludes halogenated alkanes) is 24. The molecule has 0 atom stereocenters. The maximum absolute atomic E-state index is 10.2. The number of hydrogen-bond donors (Lipinski definition) is 0. The number of carbonyl (C=O) groups is 2. The van der Waals surface area contributed by atoms with Gasteiger partial charge in [0.25, 0.3) is 0 Å². The first kappa shape index (κ1) is 44.5. The van der Waals surface area contributed by atoms with Gasteiger partial charge >= 0.3 is 19.5 Å². The molecule has 0 saturated heterocycles. The van der Waals surface area contributed by atoms with E-state index in [1.165, 1.54) is 141 Å². The standard InChI is InChI=1S/2C18H34O2.Zn/c2*1-2-3-4-5-6-7-8-9-10-11-12-13-14-15-16-17-18(19)20;/h2*2-3H,4-17H2,1H3,(H,19,20);/q;;+2/p-2. The third-order valence-corrected chi connectivity index (χ3v) is 7.47. The van der Waals surface area contributed by atoms with E-state index in [-0.39, 0.29) is 32.3 Å². The summed E-state index contributed by atoms with van der Waals surface area (Å²) in [5.74, 6) is -1.81. The van der Waals surface area contributed by atoms with Gasteiger partial charge in [-0.05, 0) is 65.2 Å². The van der Waals surface area contributed by atoms with Crippen LogP contribution >= 0.6 is 0 Å². The molecule has 0 aromatic heterocycles. The zero-order chi connectivity index (χ0) is 29.8. The second kappa shape index (κ2) is 41.2. The van der Waals surface area contributed by atoms with Gasteiger partial charge in [-0.15, -0.1) is 0 Å². The van der Waals surface area contributed by atoms with Gasteiger partial charge in [-0.1, -0.05) is 153 Å². The minimum absolute atomic E-state index is 0. The fourth-order valence-corrected chi connectivity index (χ4v) is 4.93. The van der Waals surface area contributed by atoms with Gasteiger partial charge < -0.3 is 19.8 Å². The molecule has 0 heterocycles. The Kier molecular flexibility index (Phi) is 44.7. The van der Waals surface area contributed by atoms with Gasteiger partial charge in [-0.3, -0.25) is 0 Å². The second-order valence-electron chi connectivity index (χ2n) is 11.4. The molecule has 236 valence electrons. The van der Waals surface area contributed by atoms with Gasteiger partial charge in [-0.25, -0.2) is 0 Å². The third-order valence-electron chi connectivity index (χ3n) is 7.47. The second-order valence-corrected chi connectivity index (χ2v) is 11.4. The van der Waals surface area contributed by atoms with Crippen LogP contribution in [0.25, 0.3) is 0 Å². The number of carbonyl (C=O) groups excluding carboxylic acids is 2. The van der Waals surface area contributed by atoms with Crippen LogP contribution in [0.15, 0.2) is 24.3 Å². The Hall–Kier alpha value is -0.957. The SMILES string of the molecule is CC=CCCCCCCCCCCCCCCC(=O)[O-].CC=CCCCCCCCCCCCCCCC(=O)[O-].[Zn+2]. The smallest absolute Gasteiger partial charge is 0.550 e. The largest absolute Gasteiger partial charge is 2.00 e. The Balaban J connectivity index is -0.000000688. The van der Waals surface area contributed by atoms with Crippen molar-refractivity contribution in [2.45, 2.75) is 194 Å². The molecule has 0 saturated carbocycles. The van der Waals surface area contributed by atoms with Crippen molar-refractivity contribution in [2.24, 2.45) is 0 Å². The van der Waals surface area contributed by atoms with Crippen LogP contribution in [0.5, 0.6) is 0 Å². The fraction of sp³-hybridized carbons (Fsp3) is 0.833. The average molecular weight is 628 g/mol. The Morgan fingerprint density at radius 1 is 0.390 bits per heavy atom. The molecule has 0 aromatic carbocycles. The molecule has 0 bridgehead atoms. The molecule has 4 nitrogen and oxygen atoms in total. The first-order valence-corrected chi connectivity index (χ1v) is 17.2. The quantitative estimate of drug-likeness (QED) is 0.0451. The molecule has 5 heteroatoms. The maximum Gasteiger partial charge on any atom is 2.00 e. The Morgan fingerprint density at radius 2 is 0.585 bits per heavy atom. The molecule has 0 aromatic rings. The van der Waals surface area contributed by atoms with Crippen LogP contribution in [-0.4, -0.2) is 11.9 Å². The molecule has 41 heavy (non-hydrogen) atoms. The molecule has 0 amide bonds. The normalized spacial score (nSPS) is 11.0. The molecular weight excluding hydrogens is 562 g/mol. The molecule has 0 N–H and O–H groups in total. The summed E-state index contributed by atoms with van der Waals surface area (Å²) in [7, 11) is 0. The van der Waals surface area contributed by atoms with Gasteiger partial charge in [0.05, 0.1) is 0 Å². The van der Waals surface area contributed by atoms with Crippen LogP contribution < -0.4 is 10.2 Å². The summed E-state index contributed by atoms with van der Waals surface area (Å²) in [4.78, 5) is 20.4. The molecular formula is C36H66O4Zn. The van der Waals surface area contributed by atoms with Crippen molar-refractivity contribution in [1.29, 1.82) is 0 Å². The van der Waals surface area contributed by atoms with E-state index in [1.807, 2.05) is 0 Å². The number of allylic oxidation sites excluding steroid dienone is 4. The van der Waals surface area contributed by atoms with Crippen molar-refractivity contribution in [3.8, 4) is 0 Å². The van der Waals surface area contributed by atoms with Crippen molar-refractivity contribution < 1.29 is 39.3 Å². The number of carboxylic acid groups (broad SMARTS) is 2. The zero-order valence-electron chi connectivity index (χ0n) is 27.4. The number of carboxylic acids is 2. The van der Waals surface area contributed by atoms with Crippen molar-refractivity contribution in [2.75, 3.05) is 0 Å². The summed E-state index contributed by atoms with van der Waals surface area (Å²) in [5, 5.41) is 20.4. The number of aliphatic carboxylic acids is 2. The van der Waals surface area contributed by atoms with Crippen molar-refractivity contribution in [3.63, 3.8) is 0 Å². The molecule has 0 aliphatic rings. The van der Waals surface area contributed by atoms with E-state index >= 15 is 0 Å². The molecule has 0 aliphatic carbocycles. The Bertz CT molecular complexity index is 524. The summed E-state index contributed by atoms with van der Waals surface area (Å²) in [6, 6.07) is 0. The van der Waals surface area contributed by atoms with Gasteiger partial charge in [0.1, 0.15) is 0 Å². The number of rotatable bonds is 30. The van der Waals surface area contributed by atoms with Crippen LogP contribution in [0.3, 0.4) is 0 Å². The summed E-state index contributed by atoms with van der Waals surface area (Å²) in [6.07, 6.45) is 42.1. The van der Waals surface area contributed by atoms with Crippen LogP contribution in [-0.2, 0) is 29.1 Å². The molecule has 0 aliphatic heterocycles. The molecule has 0 rings (SSSR count). The van der Waals surface area contributed by atoms with Crippen molar-refractivity contribution in [1.82, 2.24) is 0 Å². The van der Waals surface area contributed by atoms with Crippen LogP contribution in [0.4, 0.5) is 0 Å². The van der Waals surface area contributed by atoms with Crippen LogP contribution in [0, 0.1) is 0 Å². The predicted molar refractivity (Wildman–Crippen MR) is 169 cm³/mol. The van der Waals surface area contributed by atoms with E-state index in [2.05, 4.69) is 38.2 Å². The summed E-state index contributed by atoms with van der Waals surface area (Å²) < 4.78 is 0. The minimum Gasteiger partial charge on any atom is -0.550 e. The molecule has 0 unspecified atom stereocenters. The van der Waals surface area contributed by atoms with Gasteiger partial charge in [0.15, 0.2) is 0 Å². The van der Waals surface area contributed by atoms with Crippen LogP contribution in [0.1, 0.15) is 194 Å². The first-order chi connectivity index (χ1) is 19.5. The Morgan fingerprint density at radius 3 is 0.780 bits per heavy atom. The Labute approximate surface area is 268 Å². The monoisotopic (exact) mass is 626 g/mol. The summed E-state index contributed by atoms with van der Waals surface area (Å²) >= 11 is 0. The molecule has 0 fully saturated rings. The van der Waals surface area contributed by atoms with E-state index in [0.29, 0.717) is 0 Å². The van der Waals surface area contributed by atoms with E-state index in [4.69, 9.17) is 0 Å². The first-order valence-electron chi connectivity index (χ1n) is 17.2. The number of hydrogen-bond acceptors (Lipinski definition) is 4. The maximum atomic E-state index is 10.2. The van der Waals surface area contributed by atoms with Crippen molar-refractivity contribution in [3.05, 3.63) is 24.3 Å².